The number of aromatic amines is 1. The fraction of sp³-hybridized carbons (Fsp3) is 0.375. The molecule has 4 rings (SSSR count). The third-order valence-corrected chi connectivity index (χ3v) is 5.79. The largest absolute Gasteiger partial charge is 0.487 e. The number of carbonyl (C=O) groups is 2. The number of nitrogens with zero attached hydrogens (tertiary/aromatic N) is 1. The Morgan fingerprint density at radius 3 is 2.61 bits per heavy atom. The minimum absolute atomic E-state index is 0.0859. The molecule has 1 atom stereocenters. The van der Waals surface area contributed by atoms with Gasteiger partial charge in [-0.25, -0.2) is 4.98 Å². The van der Waals surface area contributed by atoms with Crippen LogP contribution in [0.5, 0.6) is 5.75 Å². The molecule has 4 N–H and O–H groups in total. The molecule has 2 amide bonds. The van der Waals surface area contributed by atoms with Gasteiger partial charge in [-0.05, 0) is 75.2 Å². The SMILES string of the molecule is CNC(=O)[C@@H](NC(=O)c1ccc(-c2ccc(OCc3cnc(C)[nH]3)cc2)o1)C1CCNCC1. The normalized spacial score (nSPS) is 15.1. The highest BCUT2D eigenvalue weighted by molar-refractivity contribution is 5.96. The molecule has 174 valence electrons. The molecule has 0 spiro atoms. The molecule has 1 aliphatic rings. The number of hydrogen-bond donors (Lipinski definition) is 4. The molecule has 0 saturated carbocycles. The van der Waals surface area contributed by atoms with E-state index in [1.165, 1.54) is 0 Å². The van der Waals surface area contributed by atoms with Crippen molar-refractivity contribution >= 4 is 11.8 Å². The second-order valence-corrected chi connectivity index (χ2v) is 8.12. The van der Waals surface area contributed by atoms with Crippen molar-refractivity contribution in [3.63, 3.8) is 0 Å². The molecule has 9 heteroatoms. The quantitative estimate of drug-likeness (QED) is 0.417. The lowest BCUT2D eigenvalue weighted by atomic mass is 9.89. The van der Waals surface area contributed by atoms with Crippen LogP contribution in [0.4, 0.5) is 0 Å². The number of carbonyl (C=O) groups excluding carboxylic acids is 2. The molecule has 9 nitrogen and oxygen atoms in total. The smallest absolute Gasteiger partial charge is 0.287 e. The van der Waals surface area contributed by atoms with Gasteiger partial charge in [0.15, 0.2) is 5.76 Å². The van der Waals surface area contributed by atoms with Crippen LogP contribution in [0.2, 0.25) is 0 Å². The van der Waals surface area contributed by atoms with Crippen molar-refractivity contribution in [3.05, 3.63) is 59.9 Å². The molecule has 0 unspecified atom stereocenters. The van der Waals surface area contributed by atoms with Gasteiger partial charge in [0, 0.05) is 12.6 Å². The Bertz CT molecular complexity index is 1080. The van der Waals surface area contributed by atoms with Gasteiger partial charge in [0.2, 0.25) is 5.91 Å². The highest BCUT2D eigenvalue weighted by Crippen LogP contribution is 2.25. The zero-order chi connectivity index (χ0) is 23.2. The van der Waals surface area contributed by atoms with Crippen molar-refractivity contribution < 1.29 is 18.7 Å². The summed E-state index contributed by atoms with van der Waals surface area (Å²) in [7, 11) is 1.58. The van der Waals surface area contributed by atoms with Crippen molar-refractivity contribution in [2.75, 3.05) is 20.1 Å². The van der Waals surface area contributed by atoms with Crippen LogP contribution in [0, 0.1) is 12.8 Å². The summed E-state index contributed by atoms with van der Waals surface area (Å²) in [6.07, 6.45) is 3.41. The summed E-state index contributed by atoms with van der Waals surface area (Å²) in [6, 6.07) is 10.2. The first-order valence-electron chi connectivity index (χ1n) is 11.1. The van der Waals surface area contributed by atoms with Crippen LogP contribution >= 0.6 is 0 Å². The van der Waals surface area contributed by atoms with Gasteiger partial charge in [0.25, 0.3) is 5.91 Å². The number of piperidine rings is 1. The van der Waals surface area contributed by atoms with E-state index in [9.17, 15) is 9.59 Å². The molecule has 1 aliphatic heterocycles. The Hall–Kier alpha value is -3.59. The molecule has 0 aliphatic carbocycles. The first-order chi connectivity index (χ1) is 16.0. The molecule has 1 saturated heterocycles. The van der Waals surface area contributed by atoms with Crippen LogP contribution in [-0.2, 0) is 11.4 Å². The molecule has 0 radical (unpaired) electrons. The number of aryl methyl sites for hydroxylation is 1. The van der Waals surface area contributed by atoms with E-state index in [0.29, 0.717) is 18.1 Å². The van der Waals surface area contributed by atoms with Crippen LogP contribution in [0.1, 0.15) is 34.9 Å². The summed E-state index contributed by atoms with van der Waals surface area (Å²) in [5.74, 6) is 1.79. The van der Waals surface area contributed by atoms with Gasteiger partial charge in [-0.15, -0.1) is 0 Å². The number of likely N-dealkylation sites (N-methyl/N-ethyl adjacent to an activating group) is 1. The van der Waals surface area contributed by atoms with Crippen LogP contribution in [0.15, 0.2) is 47.0 Å². The summed E-state index contributed by atoms with van der Waals surface area (Å²) >= 11 is 0. The number of nitrogens with one attached hydrogen (secondary N) is 4. The highest BCUT2D eigenvalue weighted by atomic mass is 16.5. The summed E-state index contributed by atoms with van der Waals surface area (Å²) < 4.78 is 11.6. The molecular formula is C24H29N5O4. The monoisotopic (exact) mass is 451 g/mol. The second kappa shape index (κ2) is 10.4. The van der Waals surface area contributed by atoms with Gasteiger partial charge in [0.05, 0.1) is 11.9 Å². The summed E-state index contributed by atoms with van der Waals surface area (Å²) in [5, 5.41) is 8.79. The average Bonchev–Trinajstić information content (AvgIpc) is 3.51. The van der Waals surface area contributed by atoms with Crippen LogP contribution < -0.4 is 20.7 Å². The van der Waals surface area contributed by atoms with Gasteiger partial charge in [-0.2, -0.15) is 0 Å². The van der Waals surface area contributed by atoms with E-state index in [2.05, 4.69) is 25.9 Å². The summed E-state index contributed by atoms with van der Waals surface area (Å²) in [4.78, 5) is 32.5. The third kappa shape index (κ3) is 5.61. The molecule has 1 aromatic carbocycles. The molecule has 2 aromatic heterocycles. The third-order valence-electron chi connectivity index (χ3n) is 5.79. The molecule has 1 fully saturated rings. The van der Waals surface area contributed by atoms with E-state index >= 15 is 0 Å². The number of imidazole rings is 1. The maximum Gasteiger partial charge on any atom is 0.287 e. The van der Waals surface area contributed by atoms with E-state index in [1.54, 1.807) is 25.4 Å². The number of aromatic nitrogens is 2. The van der Waals surface area contributed by atoms with E-state index in [1.807, 2.05) is 31.2 Å². The minimum atomic E-state index is -0.590. The van der Waals surface area contributed by atoms with Crippen molar-refractivity contribution in [2.24, 2.45) is 5.92 Å². The predicted molar refractivity (Wildman–Crippen MR) is 123 cm³/mol. The molecular weight excluding hydrogens is 422 g/mol. The second-order valence-electron chi connectivity index (χ2n) is 8.12. The first kappa shape index (κ1) is 22.6. The fourth-order valence-corrected chi connectivity index (χ4v) is 3.98. The van der Waals surface area contributed by atoms with Crippen molar-refractivity contribution in [2.45, 2.75) is 32.4 Å². The fourth-order valence-electron chi connectivity index (χ4n) is 3.98. The summed E-state index contributed by atoms with van der Waals surface area (Å²) in [6.45, 7) is 3.96. The standard InChI is InChI=1S/C24H29N5O4/c1-15-27-13-18(28-15)14-32-19-5-3-16(4-6-19)20-7-8-21(33-20)23(30)29-22(24(31)25-2)17-9-11-26-12-10-17/h3-8,13,17,22,26H,9-12,14H2,1-2H3,(H,25,31)(H,27,28)(H,29,30)/t22-/m0/s1. The van der Waals surface area contributed by atoms with Crippen LogP contribution in [0.25, 0.3) is 11.3 Å². The van der Waals surface area contributed by atoms with Gasteiger partial charge in [0.1, 0.15) is 30.0 Å². The Kier molecular flexibility index (Phi) is 7.09. The van der Waals surface area contributed by atoms with E-state index < -0.39 is 11.9 Å². The van der Waals surface area contributed by atoms with Gasteiger partial charge in [-0.3, -0.25) is 9.59 Å². The Morgan fingerprint density at radius 2 is 1.94 bits per heavy atom. The zero-order valence-corrected chi connectivity index (χ0v) is 18.8. The number of H-pyrrole nitrogens is 1. The number of ether oxygens (including phenoxy) is 1. The number of furan rings is 1. The van der Waals surface area contributed by atoms with Crippen molar-refractivity contribution in [1.82, 2.24) is 25.9 Å². The zero-order valence-electron chi connectivity index (χ0n) is 18.8. The molecule has 33 heavy (non-hydrogen) atoms. The van der Waals surface area contributed by atoms with E-state index in [-0.39, 0.29) is 17.6 Å². The van der Waals surface area contributed by atoms with Gasteiger partial charge < -0.3 is 30.1 Å². The Labute approximate surface area is 192 Å². The molecule has 3 aromatic rings. The number of amides is 2. The lowest BCUT2D eigenvalue weighted by molar-refractivity contribution is -0.124. The maximum absolute atomic E-state index is 12.8. The van der Waals surface area contributed by atoms with Crippen LogP contribution in [-0.4, -0.2) is 48.0 Å². The number of rotatable bonds is 8. The molecule has 0 bridgehead atoms. The highest BCUT2D eigenvalue weighted by Gasteiger charge is 2.31. The topological polar surface area (TPSA) is 121 Å². The Morgan fingerprint density at radius 1 is 1.18 bits per heavy atom. The maximum atomic E-state index is 12.8. The summed E-state index contributed by atoms with van der Waals surface area (Å²) in [5.41, 5.74) is 1.72. The van der Waals surface area contributed by atoms with Gasteiger partial charge >= 0.3 is 0 Å². The minimum Gasteiger partial charge on any atom is -0.487 e. The van der Waals surface area contributed by atoms with Crippen molar-refractivity contribution in [1.29, 1.82) is 0 Å². The lowest BCUT2D eigenvalue weighted by Crippen LogP contribution is -2.52. The molecule has 3 heterocycles. The predicted octanol–water partition coefficient (Wildman–Crippen LogP) is 2.40. The first-order valence-corrected chi connectivity index (χ1v) is 11.1. The number of hydrogen-bond acceptors (Lipinski definition) is 6. The van der Waals surface area contributed by atoms with Crippen molar-refractivity contribution in [3.8, 4) is 17.1 Å². The lowest BCUT2D eigenvalue weighted by Gasteiger charge is -2.29. The van der Waals surface area contributed by atoms with E-state index in [4.69, 9.17) is 9.15 Å². The van der Waals surface area contributed by atoms with E-state index in [0.717, 1.165) is 43.0 Å². The number of benzene rings is 1. The van der Waals surface area contributed by atoms with Gasteiger partial charge in [-0.1, -0.05) is 0 Å². The Balaban J connectivity index is 1.38. The van der Waals surface area contributed by atoms with Crippen LogP contribution in [0.3, 0.4) is 0 Å². The average molecular weight is 452 g/mol.